The van der Waals surface area contributed by atoms with Crippen molar-refractivity contribution >= 4 is 72.0 Å². The lowest BCUT2D eigenvalue weighted by molar-refractivity contribution is -0.0328. The Kier molecular flexibility index (Phi) is 5.41. The summed E-state index contributed by atoms with van der Waals surface area (Å²) in [4.78, 5) is 11.0. The van der Waals surface area contributed by atoms with E-state index in [1.807, 2.05) is 17.7 Å². The molecule has 3 heterocycles. The topological polar surface area (TPSA) is 30.7 Å². The second-order valence-electron chi connectivity index (χ2n) is 5.89. The molecule has 146 valence electrons. The summed E-state index contributed by atoms with van der Waals surface area (Å²) < 4.78 is 42.0. The van der Waals surface area contributed by atoms with Gasteiger partial charge in [-0.05, 0) is 35.7 Å². The third-order valence-corrected chi connectivity index (χ3v) is 7.48. The fourth-order valence-corrected chi connectivity index (χ4v) is 6.36. The number of halogens is 4. The van der Waals surface area contributed by atoms with Crippen molar-refractivity contribution in [1.29, 1.82) is 0 Å². The number of thiophene rings is 1. The number of pyridine rings is 1. The smallest absolute Gasteiger partial charge is 0.311 e. The number of hydrogen-bond donors (Lipinski definition) is 0. The van der Waals surface area contributed by atoms with Gasteiger partial charge in [-0.1, -0.05) is 28.9 Å². The quantitative estimate of drug-likeness (QED) is 0.272. The minimum atomic E-state index is -4.35. The Bertz CT molecular complexity index is 1180. The van der Waals surface area contributed by atoms with Crippen LogP contribution in [0.5, 0.6) is 0 Å². The highest BCUT2D eigenvalue weighted by Gasteiger charge is 2.30. The summed E-state index contributed by atoms with van der Waals surface area (Å²) in [6.45, 7) is 2.09. The summed E-state index contributed by atoms with van der Waals surface area (Å²) in [6, 6.07) is 7.61. The van der Waals surface area contributed by atoms with Crippen molar-refractivity contribution in [3.8, 4) is 10.7 Å². The van der Waals surface area contributed by atoms with Gasteiger partial charge in [-0.25, -0.2) is 9.97 Å². The number of fused-ring (bicyclic) bond motifs is 2. The highest BCUT2D eigenvalue weighted by Crippen LogP contribution is 2.45. The van der Waals surface area contributed by atoms with Crippen molar-refractivity contribution in [3.63, 3.8) is 0 Å². The normalized spacial score (nSPS) is 12.4. The molecule has 4 rings (SSSR count). The Morgan fingerprint density at radius 2 is 2.04 bits per heavy atom. The molecule has 0 N–H and O–H groups in total. The zero-order valence-electron chi connectivity index (χ0n) is 14.7. The van der Waals surface area contributed by atoms with Crippen LogP contribution in [0.1, 0.15) is 6.92 Å². The van der Waals surface area contributed by atoms with E-state index in [0.29, 0.717) is 17.0 Å². The lowest BCUT2D eigenvalue weighted by Gasteiger charge is -2.05. The van der Waals surface area contributed by atoms with Crippen LogP contribution in [0.15, 0.2) is 44.7 Å². The molecular weight excluding hydrogens is 491 g/mol. The number of aromatic nitrogens is 3. The van der Waals surface area contributed by atoms with E-state index in [0.717, 1.165) is 30.1 Å². The summed E-state index contributed by atoms with van der Waals surface area (Å²) in [7, 11) is 1.84. The van der Waals surface area contributed by atoms with Crippen molar-refractivity contribution in [1.82, 2.24) is 14.5 Å². The SMILES string of the molecule is CCSc1c(-c2nc3cc(SC(F)(F)F)cnc3n2C)sc2cc(Br)ccc12. The molecule has 3 aromatic heterocycles. The lowest BCUT2D eigenvalue weighted by Crippen LogP contribution is -1.99. The van der Waals surface area contributed by atoms with Crippen LogP contribution in [0.4, 0.5) is 13.2 Å². The first-order chi connectivity index (χ1) is 13.3. The third kappa shape index (κ3) is 3.79. The van der Waals surface area contributed by atoms with Crippen LogP contribution >= 0.6 is 50.8 Å². The van der Waals surface area contributed by atoms with Crippen LogP contribution in [0.3, 0.4) is 0 Å². The molecule has 28 heavy (non-hydrogen) atoms. The maximum atomic E-state index is 12.7. The van der Waals surface area contributed by atoms with Crippen molar-refractivity contribution in [3.05, 3.63) is 34.9 Å². The van der Waals surface area contributed by atoms with Crippen molar-refractivity contribution in [2.75, 3.05) is 5.75 Å². The van der Waals surface area contributed by atoms with Crippen LogP contribution in [0, 0.1) is 0 Å². The molecule has 3 nitrogen and oxygen atoms in total. The van der Waals surface area contributed by atoms with Gasteiger partial charge in [0.05, 0.1) is 4.88 Å². The Labute approximate surface area is 179 Å². The molecule has 0 radical (unpaired) electrons. The van der Waals surface area contributed by atoms with E-state index >= 15 is 0 Å². The molecule has 0 aliphatic rings. The number of hydrogen-bond acceptors (Lipinski definition) is 5. The first kappa shape index (κ1) is 20.1. The Balaban J connectivity index is 1.89. The second kappa shape index (κ2) is 7.55. The monoisotopic (exact) mass is 503 g/mol. The molecule has 0 bridgehead atoms. The summed E-state index contributed by atoms with van der Waals surface area (Å²) in [6.07, 6.45) is 1.25. The van der Waals surface area contributed by atoms with Gasteiger partial charge in [0.25, 0.3) is 0 Å². The van der Waals surface area contributed by atoms with Crippen molar-refractivity contribution < 1.29 is 13.2 Å². The fraction of sp³-hybridized carbons (Fsp3) is 0.222. The lowest BCUT2D eigenvalue weighted by atomic mass is 10.2. The van der Waals surface area contributed by atoms with E-state index in [1.54, 1.807) is 23.1 Å². The molecule has 0 saturated heterocycles. The van der Waals surface area contributed by atoms with Gasteiger partial charge in [-0.3, -0.25) is 0 Å². The van der Waals surface area contributed by atoms with Crippen LogP contribution in [-0.4, -0.2) is 25.8 Å². The summed E-state index contributed by atoms with van der Waals surface area (Å²) in [5, 5.41) is 1.16. The molecule has 4 aromatic rings. The molecule has 0 unspecified atom stereocenters. The summed E-state index contributed by atoms with van der Waals surface area (Å²) in [5.41, 5.74) is -3.33. The van der Waals surface area contributed by atoms with Gasteiger partial charge >= 0.3 is 5.51 Å². The highest BCUT2D eigenvalue weighted by atomic mass is 79.9. The van der Waals surface area contributed by atoms with Gasteiger partial charge in [-0.15, -0.1) is 23.1 Å². The van der Waals surface area contributed by atoms with Crippen LogP contribution < -0.4 is 0 Å². The summed E-state index contributed by atoms with van der Waals surface area (Å²) in [5.74, 6) is 1.62. The number of aryl methyl sites for hydroxylation is 1. The van der Waals surface area contributed by atoms with E-state index in [4.69, 9.17) is 0 Å². The molecule has 0 amide bonds. The highest BCUT2D eigenvalue weighted by molar-refractivity contribution is 9.10. The van der Waals surface area contributed by atoms with Gasteiger partial charge in [0.2, 0.25) is 0 Å². The zero-order valence-corrected chi connectivity index (χ0v) is 18.7. The van der Waals surface area contributed by atoms with E-state index in [9.17, 15) is 13.2 Å². The van der Waals surface area contributed by atoms with Crippen molar-refractivity contribution in [2.24, 2.45) is 7.05 Å². The van der Waals surface area contributed by atoms with Crippen molar-refractivity contribution in [2.45, 2.75) is 22.2 Å². The predicted octanol–water partition coefficient (Wildman–Crippen LogP) is 7.34. The van der Waals surface area contributed by atoms with Crippen LogP contribution in [0.2, 0.25) is 0 Å². The standard InChI is InChI=1S/C18H13BrF3N3S3/c1-3-26-14-11-5-4-9(19)6-13(11)27-15(14)17-24-12-7-10(28-18(20,21)22)8-23-16(12)25(17)2/h4-8H,3H2,1-2H3. The molecule has 0 fully saturated rings. The second-order valence-corrected chi connectivity index (χ2v) is 10.3. The molecule has 10 heteroatoms. The van der Waals surface area contributed by atoms with Gasteiger partial charge in [0.1, 0.15) is 5.52 Å². The van der Waals surface area contributed by atoms with Gasteiger partial charge in [0, 0.05) is 37.6 Å². The first-order valence-electron chi connectivity index (χ1n) is 8.20. The zero-order chi connectivity index (χ0) is 20.1. The van der Waals surface area contributed by atoms with E-state index in [2.05, 4.69) is 45.0 Å². The number of imidazole rings is 1. The molecule has 1 aromatic carbocycles. The number of alkyl halides is 3. The Hall–Kier alpha value is -1.23. The number of thioether (sulfide) groups is 2. The predicted molar refractivity (Wildman–Crippen MR) is 115 cm³/mol. The molecule has 0 aliphatic heterocycles. The minimum absolute atomic E-state index is 0.0353. The first-order valence-corrected chi connectivity index (χ1v) is 11.6. The van der Waals surface area contributed by atoms with Gasteiger partial charge < -0.3 is 4.57 Å². The molecule has 0 aliphatic carbocycles. The molecular formula is C18H13BrF3N3S3. The van der Waals surface area contributed by atoms with Crippen LogP contribution in [-0.2, 0) is 7.05 Å². The maximum absolute atomic E-state index is 12.7. The molecule has 0 atom stereocenters. The van der Waals surface area contributed by atoms with E-state index < -0.39 is 5.51 Å². The number of nitrogens with zero attached hydrogens (tertiary/aromatic N) is 3. The average Bonchev–Trinajstić information content (AvgIpc) is 3.11. The molecule has 0 spiro atoms. The van der Waals surface area contributed by atoms with Gasteiger partial charge in [0.15, 0.2) is 11.5 Å². The van der Waals surface area contributed by atoms with E-state index in [-0.39, 0.29) is 16.7 Å². The Morgan fingerprint density at radius 1 is 1.25 bits per heavy atom. The number of rotatable bonds is 4. The number of benzene rings is 1. The van der Waals surface area contributed by atoms with E-state index in [1.165, 1.54) is 12.3 Å². The average molecular weight is 504 g/mol. The maximum Gasteiger partial charge on any atom is 0.446 e. The van der Waals surface area contributed by atoms with Gasteiger partial charge in [-0.2, -0.15) is 13.2 Å². The Morgan fingerprint density at radius 3 is 2.75 bits per heavy atom. The molecule has 0 saturated carbocycles. The minimum Gasteiger partial charge on any atom is -0.311 e. The third-order valence-electron chi connectivity index (χ3n) is 4.02. The largest absolute Gasteiger partial charge is 0.446 e. The summed E-state index contributed by atoms with van der Waals surface area (Å²) >= 11 is 6.70. The van der Waals surface area contributed by atoms with Crippen LogP contribution in [0.25, 0.3) is 32.0 Å². The fourth-order valence-electron chi connectivity index (χ4n) is 2.93.